The summed E-state index contributed by atoms with van der Waals surface area (Å²) in [6.07, 6.45) is 4.40. The monoisotopic (exact) mass is 538 g/mol. The number of aromatic amines is 1. The molecule has 2 fully saturated rings. The van der Waals surface area contributed by atoms with Crippen LogP contribution in [0.2, 0.25) is 0 Å². The number of allylic oxidation sites excluding steroid dienone is 3. The smallest absolute Gasteiger partial charge is 0.251 e. The Bertz CT molecular complexity index is 1650. The minimum Gasteiger partial charge on any atom is -0.386 e. The van der Waals surface area contributed by atoms with Gasteiger partial charge in [-0.05, 0) is 31.9 Å². The zero-order chi connectivity index (χ0) is 28.1. The molecule has 4 N–H and O–H groups in total. The lowest BCUT2D eigenvalue weighted by molar-refractivity contribution is -0.163. The molecular weight excluding hydrogens is 504 g/mol. The van der Waals surface area contributed by atoms with Crippen LogP contribution in [-0.4, -0.2) is 55.1 Å². The second-order valence-corrected chi connectivity index (χ2v) is 12.4. The van der Waals surface area contributed by atoms with Gasteiger partial charge in [-0.2, -0.15) is 0 Å². The zero-order valence-electron chi connectivity index (χ0n) is 23.1. The molecule has 5 atom stereocenters. The van der Waals surface area contributed by atoms with Gasteiger partial charge in [0.15, 0.2) is 0 Å². The number of amides is 2. The molecule has 4 aliphatic rings. The lowest BCUT2D eigenvalue weighted by Gasteiger charge is -2.45. The summed E-state index contributed by atoms with van der Waals surface area (Å²) in [5.41, 5.74) is 4.07. The SMILES string of the molecule is CC(C)=CCc1cccc2c1N[C@@H]1N3C(=O)[C@@H]4[C@H](O)c5c([nH]c6ccccc56)C(C)(C)C=CN4C(=O)[C@@H]3C[C@]21O. The van der Waals surface area contributed by atoms with Crippen LogP contribution in [0.1, 0.15) is 62.6 Å². The van der Waals surface area contributed by atoms with Crippen molar-refractivity contribution in [3.63, 3.8) is 0 Å². The first kappa shape index (κ1) is 25.1. The van der Waals surface area contributed by atoms with E-state index in [1.807, 2.05) is 76.2 Å². The van der Waals surface area contributed by atoms with Crippen LogP contribution < -0.4 is 5.32 Å². The number of anilines is 1. The van der Waals surface area contributed by atoms with E-state index in [1.54, 1.807) is 6.20 Å². The van der Waals surface area contributed by atoms with Crippen molar-refractivity contribution in [2.45, 2.75) is 75.9 Å². The maximum Gasteiger partial charge on any atom is 0.251 e. The summed E-state index contributed by atoms with van der Waals surface area (Å²) < 4.78 is 0. The average Bonchev–Trinajstić information content (AvgIpc) is 3.54. The number of aliphatic hydroxyl groups is 2. The molecule has 0 bridgehead atoms. The van der Waals surface area contributed by atoms with E-state index >= 15 is 0 Å². The largest absolute Gasteiger partial charge is 0.386 e. The van der Waals surface area contributed by atoms with Crippen molar-refractivity contribution in [1.29, 1.82) is 0 Å². The van der Waals surface area contributed by atoms with Crippen LogP contribution in [0, 0.1) is 0 Å². The van der Waals surface area contributed by atoms with Crippen molar-refractivity contribution >= 4 is 28.4 Å². The minimum absolute atomic E-state index is 0.0865. The van der Waals surface area contributed by atoms with Crippen LogP contribution in [0.25, 0.3) is 10.9 Å². The van der Waals surface area contributed by atoms with E-state index in [-0.39, 0.29) is 18.2 Å². The van der Waals surface area contributed by atoms with Gasteiger partial charge in [0.05, 0.1) is 0 Å². The molecule has 0 unspecified atom stereocenters. The van der Waals surface area contributed by atoms with Gasteiger partial charge in [-0.1, -0.05) is 68.0 Å². The average molecular weight is 539 g/mol. The predicted molar refractivity (Wildman–Crippen MR) is 152 cm³/mol. The fourth-order valence-electron chi connectivity index (χ4n) is 7.12. The van der Waals surface area contributed by atoms with Crippen molar-refractivity contribution in [3.05, 3.63) is 88.8 Å². The maximum absolute atomic E-state index is 14.4. The van der Waals surface area contributed by atoms with Gasteiger partial charge >= 0.3 is 0 Å². The van der Waals surface area contributed by atoms with E-state index in [0.717, 1.165) is 27.8 Å². The molecule has 3 aromatic rings. The van der Waals surface area contributed by atoms with Crippen molar-refractivity contribution in [1.82, 2.24) is 14.8 Å². The Morgan fingerprint density at radius 3 is 2.65 bits per heavy atom. The van der Waals surface area contributed by atoms with E-state index in [2.05, 4.69) is 16.4 Å². The number of fused-ring (bicyclic) bond motifs is 9. The van der Waals surface area contributed by atoms with Crippen molar-refractivity contribution < 1.29 is 19.8 Å². The molecule has 0 spiro atoms. The summed E-state index contributed by atoms with van der Waals surface area (Å²) in [7, 11) is 0. The van der Waals surface area contributed by atoms with Crippen LogP contribution in [0.15, 0.2) is 66.4 Å². The summed E-state index contributed by atoms with van der Waals surface area (Å²) in [6, 6.07) is 11.5. The van der Waals surface area contributed by atoms with Gasteiger partial charge in [0.1, 0.15) is 30.0 Å². The second kappa shape index (κ2) is 8.32. The standard InChI is InChI=1S/C32H34N4O4/c1-17(2)12-13-18-8-7-10-20-24(18)34-30-32(20,40)16-22-28(38)35-15-14-31(3,4)27-23(19-9-5-6-11-21(19)33-27)26(37)25(35)29(39)36(22)30/h5-12,14-15,22,25-26,30,33-34,37,40H,13,16H2,1-4H3/t22-,25-,26+,30+,32-/m0/s1. The highest BCUT2D eigenvalue weighted by atomic mass is 16.3. The molecule has 0 aliphatic carbocycles. The van der Waals surface area contributed by atoms with Crippen LogP contribution >= 0.6 is 0 Å². The van der Waals surface area contributed by atoms with Gasteiger partial charge in [-0.25, -0.2) is 0 Å². The lowest BCUT2D eigenvalue weighted by Crippen LogP contribution is -2.65. The first-order valence-electron chi connectivity index (χ1n) is 13.9. The van der Waals surface area contributed by atoms with Gasteiger partial charge in [-0.15, -0.1) is 0 Å². The topological polar surface area (TPSA) is 109 Å². The Hall–Kier alpha value is -3.88. The molecule has 8 heteroatoms. The fraction of sp³-hybridized carbons (Fsp3) is 0.375. The third kappa shape index (κ3) is 3.26. The first-order chi connectivity index (χ1) is 19.0. The molecular formula is C32H34N4O4. The number of carbonyl (C=O) groups is 2. The summed E-state index contributed by atoms with van der Waals surface area (Å²) >= 11 is 0. The first-order valence-corrected chi connectivity index (χ1v) is 13.9. The molecule has 5 heterocycles. The Kier molecular flexibility index (Phi) is 5.22. The van der Waals surface area contributed by atoms with E-state index < -0.39 is 35.4 Å². The molecule has 0 saturated carbocycles. The van der Waals surface area contributed by atoms with Gasteiger partial charge in [0.2, 0.25) is 5.91 Å². The number of nitrogens with one attached hydrogen (secondary N) is 2. The Morgan fingerprint density at radius 1 is 1.10 bits per heavy atom. The van der Waals surface area contributed by atoms with Crippen molar-refractivity contribution in [2.24, 2.45) is 0 Å². The van der Waals surface area contributed by atoms with Gasteiger partial charge < -0.3 is 30.3 Å². The number of H-pyrrole nitrogens is 1. The van der Waals surface area contributed by atoms with Gasteiger partial charge in [-0.3, -0.25) is 9.59 Å². The van der Waals surface area contributed by atoms with E-state index in [4.69, 9.17) is 0 Å². The molecule has 7 rings (SSSR count). The quantitative estimate of drug-likeness (QED) is 0.370. The number of para-hydroxylation sites is 2. The highest BCUT2D eigenvalue weighted by molar-refractivity contribution is 6.00. The second-order valence-electron chi connectivity index (χ2n) is 12.4. The number of aliphatic hydroxyl groups excluding tert-OH is 1. The number of rotatable bonds is 2. The fourth-order valence-corrected chi connectivity index (χ4v) is 7.12. The molecule has 1 aromatic heterocycles. The molecule has 40 heavy (non-hydrogen) atoms. The number of carbonyl (C=O) groups excluding carboxylic acids is 2. The number of hydrogen-bond acceptors (Lipinski definition) is 5. The molecule has 4 aliphatic heterocycles. The van der Waals surface area contributed by atoms with Crippen LogP contribution in [0.3, 0.4) is 0 Å². The molecule has 2 saturated heterocycles. The highest BCUT2D eigenvalue weighted by Gasteiger charge is 2.65. The summed E-state index contributed by atoms with van der Waals surface area (Å²) in [5.74, 6) is -0.685. The summed E-state index contributed by atoms with van der Waals surface area (Å²) in [6.45, 7) is 8.12. The maximum atomic E-state index is 14.4. The number of aromatic nitrogens is 1. The van der Waals surface area contributed by atoms with E-state index in [0.29, 0.717) is 17.5 Å². The number of hydrogen-bond donors (Lipinski definition) is 4. The number of nitrogens with zero attached hydrogens (tertiary/aromatic N) is 2. The lowest BCUT2D eigenvalue weighted by atomic mass is 9.81. The van der Waals surface area contributed by atoms with Crippen molar-refractivity contribution in [2.75, 3.05) is 5.32 Å². The normalized spacial score (nSPS) is 29.6. The van der Waals surface area contributed by atoms with Crippen LogP contribution in [0.5, 0.6) is 0 Å². The molecule has 0 radical (unpaired) electrons. The third-order valence-corrected chi connectivity index (χ3v) is 9.18. The Morgan fingerprint density at radius 2 is 1.88 bits per heavy atom. The van der Waals surface area contributed by atoms with Crippen LogP contribution in [0.4, 0.5) is 5.69 Å². The van der Waals surface area contributed by atoms with E-state index in [9.17, 15) is 19.8 Å². The minimum atomic E-state index is -1.42. The summed E-state index contributed by atoms with van der Waals surface area (Å²) in [5, 5.41) is 28.3. The van der Waals surface area contributed by atoms with Gasteiger partial charge in [0.25, 0.3) is 5.91 Å². The summed E-state index contributed by atoms with van der Waals surface area (Å²) in [4.78, 5) is 34.8. The Labute approximate surface area is 233 Å². The molecule has 2 amide bonds. The Balaban J connectivity index is 1.34. The molecule has 8 nitrogen and oxygen atoms in total. The zero-order valence-corrected chi connectivity index (χ0v) is 23.1. The predicted octanol–water partition coefficient (Wildman–Crippen LogP) is 3.97. The van der Waals surface area contributed by atoms with Gasteiger partial charge in [0, 0.05) is 51.4 Å². The highest BCUT2D eigenvalue weighted by Crippen LogP contribution is 2.53. The van der Waals surface area contributed by atoms with Crippen molar-refractivity contribution in [3.8, 4) is 0 Å². The van der Waals surface area contributed by atoms with E-state index in [1.165, 1.54) is 15.4 Å². The third-order valence-electron chi connectivity index (χ3n) is 9.18. The molecule has 2 aromatic carbocycles. The number of piperazine rings is 1. The van der Waals surface area contributed by atoms with Crippen LogP contribution in [-0.2, 0) is 27.0 Å². The number of benzene rings is 2. The molecule has 206 valence electrons.